The highest BCUT2D eigenvalue weighted by molar-refractivity contribution is 5.25. The molecule has 0 spiro atoms. The van der Waals surface area contributed by atoms with Gasteiger partial charge in [-0.15, -0.1) is 0 Å². The Balaban J connectivity index is 2.30. The van der Waals surface area contributed by atoms with Crippen LogP contribution in [0.25, 0.3) is 0 Å². The Labute approximate surface area is 85.3 Å². The molecule has 3 heteroatoms. The van der Waals surface area contributed by atoms with Gasteiger partial charge in [-0.3, -0.25) is 4.68 Å². The first-order valence-corrected chi connectivity index (χ1v) is 5.45. The first-order chi connectivity index (χ1) is 6.72. The van der Waals surface area contributed by atoms with Crippen molar-refractivity contribution in [3.63, 3.8) is 0 Å². The molecule has 2 N–H and O–H groups in total. The fraction of sp³-hybridized carbons (Fsp3) is 0.727. The monoisotopic (exact) mass is 193 g/mol. The molecule has 0 aliphatic heterocycles. The summed E-state index contributed by atoms with van der Waals surface area (Å²) in [6, 6.07) is 0. The van der Waals surface area contributed by atoms with Crippen molar-refractivity contribution in [2.75, 3.05) is 6.54 Å². The number of rotatable bonds is 2. The second kappa shape index (κ2) is 3.73. The van der Waals surface area contributed by atoms with E-state index in [1.807, 2.05) is 11.7 Å². The maximum absolute atomic E-state index is 5.74. The van der Waals surface area contributed by atoms with Crippen LogP contribution in [0.5, 0.6) is 0 Å². The van der Waals surface area contributed by atoms with E-state index in [0.717, 1.165) is 13.0 Å². The maximum atomic E-state index is 5.74. The zero-order chi connectivity index (χ0) is 10.1. The van der Waals surface area contributed by atoms with Gasteiger partial charge in [0.2, 0.25) is 0 Å². The molecule has 2 atom stereocenters. The van der Waals surface area contributed by atoms with Gasteiger partial charge in [0.05, 0.1) is 5.69 Å². The van der Waals surface area contributed by atoms with Gasteiger partial charge in [0.15, 0.2) is 0 Å². The van der Waals surface area contributed by atoms with E-state index in [2.05, 4.69) is 18.2 Å². The van der Waals surface area contributed by atoms with Crippen molar-refractivity contribution < 1.29 is 0 Å². The molecule has 3 nitrogen and oxygen atoms in total. The summed E-state index contributed by atoms with van der Waals surface area (Å²) in [5.74, 6) is 1.22. The van der Waals surface area contributed by atoms with Crippen molar-refractivity contribution >= 4 is 0 Å². The number of nitrogens with zero attached hydrogens (tertiary/aromatic N) is 2. The molecule has 1 heterocycles. The molecule has 1 aliphatic carbocycles. The number of nitrogens with two attached hydrogens (primary N) is 1. The highest BCUT2D eigenvalue weighted by Crippen LogP contribution is 2.35. The van der Waals surface area contributed by atoms with Crippen molar-refractivity contribution in [2.24, 2.45) is 18.7 Å². The number of aryl methyl sites for hydroxylation is 2. The smallest absolute Gasteiger partial charge is 0.0659 e. The Hall–Kier alpha value is -0.830. The van der Waals surface area contributed by atoms with E-state index in [1.165, 1.54) is 24.1 Å². The summed E-state index contributed by atoms with van der Waals surface area (Å²) in [4.78, 5) is 0. The van der Waals surface area contributed by atoms with Gasteiger partial charge >= 0.3 is 0 Å². The lowest BCUT2D eigenvalue weighted by molar-refractivity contribution is 0.412. The third-order valence-corrected chi connectivity index (χ3v) is 3.32. The van der Waals surface area contributed by atoms with E-state index in [4.69, 9.17) is 5.73 Å². The lowest BCUT2D eigenvalue weighted by atomic mass is 9.79. The summed E-state index contributed by atoms with van der Waals surface area (Å²) in [6.45, 7) is 3.02. The third kappa shape index (κ3) is 1.57. The molecule has 0 saturated heterocycles. The van der Waals surface area contributed by atoms with E-state index < -0.39 is 0 Å². The molecule has 0 fully saturated rings. The van der Waals surface area contributed by atoms with E-state index in [9.17, 15) is 0 Å². The van der Waals surface area contributed by atoms with Crippen molar-refractivity contribution in [1.29, 1.82) is 0 Å². The number of fused-ring (bicyclic) bond motifs is 1. The van der Waals surface area contributed by atoms with Crippen LogP contribution in [-0.2, 0) is 13.5 Å². The topological polar surface area (TPSA) is 43.8 Å². The molecule has 78 valence electrons. The van der Waals surface area contributed by atoms with Crippen LogP contribution < -0.4 is 5.73 Å². The molecule has 1 aromatic rings. The molecule has 2 rings (SSSR count). The van der Waals surface area contributed by atoms with Crippen LogP contribution in [-0.4, -0.2) is 16.3 Å². The van der Waals surface area contributed by atoms with Crippen LogP contribution >= 0.6 is 0 Å². The van der Waals surface area contributed by atoms with E-state index in [1.54, 1.807) is 0 Å². The van der Waals surface area contributed by atoms with Gasteiger partial charge in [-0.2, -0.15) is 5.10 Å². The maximum Gasteiger partial charge on any atom is 0.0659 e. The average Bonchev–Trinajstić information content (AvgIpc) is 2.56. The highest BCUT2D eigenvalue weighted by atomic mass is 15.3. The Kier molecular flexibility index (Phi) is 2.59. The quantitative estimate of drug-likeness (QED) is 0.772. The highest BCUT2D eigenvalue weighted by Gasteiger charge is 2.26. The number of hydrogen-bond acceptors (Lipinski definition) is 2. The van der Waals surface area contributed by atoms with Crippen LogP contribution in [0, 0.1) is 5.92 Å². The molecule has 0 radical (unpaired) electrons. The minimum Gasteiger partial charge on any atom is -0.330 e. The Morgan fingerprint density at radius 2 is 2.50 bits per heavy atom. The zero-order valence-electron chi connectivity index (χ0n) is 9.03. The molecule has 0 aromatic carbocycles. The van der Waals surface area contributed by atoms with Gasteiger partial charge in [-0.25, -0.2) is 0 Å². The SMILES string of the molecule is CC(CN)C1CCCc2nn(C)cc21. The third-order valence-electron chi connectivity index (χ3n) is 3.32. The lowest BCUT2D eigenvalue weighted by Gasteiger charge is -2.26. The summed E-state index contributed by atoms with van der Waals surface area (Å²) < 4.78 is 1.94. The second-order valence-electron chi connectivity index (χ2n) is 4.42. The molecule has 0 bridgehead atoms. The van der Waals surface area contributed by atoms with Gasteiger partial charge in [0, 0.05) is 13.2 Å². The van der Waals surface area contributed by atoms with Crippen LogP contribution in [0.15, 0.2) is 6.20 Å². The van der Waals surface area contributed by atoms with E-state index in [-0.39, 0.29) is 0 Å². The van der Waals surface area contributed by atoms with Crippen LogP contribution in [0.3, 0.4) is 0 Å². The molecule has 1 aliphatic rings. The first-order valence-electron chi connectivity index (χ1n) is 5.45. The summed E-state index contributed by atoms with van der Waals surface area (Å²) in [5.41, 5.74) is 8.48. The summed E-state index contributed by atoms with van der Waals surface area (Å²) in [5, 5.41) is 4.49. The Bertz CT molecular complexity index is 316. The van der Waals surface area contributed by atoms with Crippen molar-refractivity contribution in [2.45, 2.75) is 32.1 Å². The summed E-state index contributed by atoms with van der Waals surface area (Å²) in [6.07, 6.45) is 5.85. The van der Waals surface area contributed by atoms with E-state index in [0.29, 0.717) is 11.8 Å². The van der Waals surface area contributed by atoms with Gasteiger partial charge in [0.1, 0.15) is 0 Å². The fourth-order valence-corrected chi connectivity index (χ4v) is 2.46. The van der Waals surface area contributed by atoms with Crippen molar-refractivity contribution in [1.82, 2.24) is 9.78 Å². The Morgan fingerprint density at radius 3 is 3.21 bits per heavy atom. The lowest BCUT2D eigenvalue weighted by Crippen LogP contribution is -2.22. The standard InChI is InChI=1S/C11H19N3/c1-8(6-12)9-4-3-5-11-10(9)7-14(2)13-11/h7-9H,3-6,12H2,1-2H3. The van der Waals surface area contributed by atoms with Crippen LogP contribution in [0.2, 0.25) is 0 Å². The molecular formula is C11H19N3. The van der Waals surface area contributed by atoms with Gasteiger partial charge in [-0.1, -0.05) is 6.92 Å². The minimum absolute atomic E-state index is 0.582. The van der Waals surface area contributed by atoms with E-state index >= 15 is 0 Å². The minimum atomic E-state index is 0.582. The molecule has 2 unspecified atom stereocenters. The molecule has 1 aromatic heterocycles. The second-order valence-corrected chi connectivity index (χ2v) is 4.42. The molecule has 14 heavy (non-hydrogen) atoms. The number of aromatic nitrogens is 2. The summed E-state index contributed by atoms with van der Waals surface area (Å²) >= 11 is 0. The predicted molar refractivity (Wildman–Crippen MR) is 57.1 cm³/mol. The molecule has 0 saturated carbocycles. The molecular weight excluding hydrogens is 174 g/mol. The summed E-state index contributed by atoms with van der Waals surface area (Å²) in [7, 11) is 2.00. The van der Waals surface area contributed by atoms with Crippen molar-refractivity contribution in [3.8, 4) is 0 Å². The average molecular weight is 193 g/mol. The van der Waals surface area contributed by atoms with Gasteiger partial charge < -0.3 is 5.73 Å². The zero-order valence-corrected chi connectivity index (χ0v) is 9.03. The largest absolute Gasteiger partial charge is 0.330 e. The fourth-order valence-electron chi connectivity index (χ4n) is 2.46. The van der Waals surface area contributed by atoms with Gasteiger partial charge in [0.25, 0.3) is 0 Å². The van der Waals surface area contributed by atoms with Gasteiger partial charge in [-0.05, 0) is 43.2 Å². The normalized spacial score (nSPS) is 23.2. The van der Waals surface area contributed by atoms with Crippen LogP contribution in [0.4, 0.5) is 0 Å². The predicted octanol–water partition coefficient (Wildman–Crippen LogP) is 1.43. The van der Waals surface area contributed by atoms with Crippen LogP contribution in [0.1, 0.15) is 36.9 Å². The van der Waals surface area contributed by atoms with Crippen molar-refractivity contribution in [3.05, 3.63) is 17.5 Å². The molecule has 0 amide bonds. The number of hydrogen-bond donors (Lipinski definition) is 1. The Morgan fingerprint density at radius 1 is 1.71 bits per heavy atom. The first kappa shape index (κ1) is 9.71.